The highest BCUT2D eigenvalue weighted by atomic mass is 32.2. The average molecular weight is 419 g/mol. The summed E-state index contributed by atoms with van der Waals surface area (Å²) >= 11 is 1.35. The fourth-order valence-electron chi connectivity index (χ4n) is 2.76. The van der Waals surface area contributed by atoms with E-state index in [1.54, 1.807) is 6.07 Å². The highest BCUT2D eigenvalue weighted by Gasteiger charge is 2.24. The molecule has 0 bridgehead atoms. The van der Waals surface area contributed by atoms with Crippen LogP contribution in [0, 0.1) is 0 Å². The highest BCUT2D eigenvalue weighted by molar-refractivity contribution is 7.88. The number of carbonyl (C=O) groups excluding carboxylic acids is 1. The van der Waals surface area contributed by atoms with Gasteiger partial charge in [0.25, 0.3) is 10.0 Å². The van der Waals surface area contributed by atoms with E-state index >= 15 is 0 Å². The van der Waals surface area contributed by atoms with Crippen molar-refractivity contribution in [2.75, 3.05) is 14.1 Å². The lowest BCUT2D eigenvalue weighted by molar-refractivity contribution is 0.0446. The third-order valence-corrected chi connectivity index (χ3v) is 7.12. The van der Waals surface area contributed by atoms with E-state index in [9.17, 15) is 13.2 Å². The summed E-state index contributed by atoms with van der Waals surface area (Å²) in [6.07, 6.45) is 0. The predicted molar refractivity (Wildman–Crippen MR) is 103 cm³/mol. The molecule has 0 N–H and O–H groups in total. The number of carbonyl (C=O) groups is 1. The minimum atomic E-state index is -3.66. The number of hydrogen-bond acceptors (Lipinski definition) is 7. The molecular weight excluding hydrogens is 402 g/mol. The number of benzene rings is 1. The molecule has 7 nitrogen and oxygen atoms in total. The van der Waals surface area contributed by atoms with Gasteiger partial charge in [-0.05, 0) is 30.3 Å². The molecule has 146 valence electrons. The van der Waals surface area contributed by atoms with Gasteiger partial charge in [-0.15, -0.1) is 11.3 Å². The molecule has 0 saturated carbocycles. The van der Waals surface area contributed by atoms with Gasteiger partial charge >= 0.3 is 5.97 Å². The van der Waals surface area contributed by atoms with Crippen LogP contribution in [0.5, 0.6) is 5.75 Å². The maximum absolute atomic E-state index is 12.4. The number of rotatable bonds is 5. The lowest BCUT2D eigenvalue weighted by Gasteiger charge is -2.16. The molecule has 0 spiro atoms. The van der Waals surface area contributed by atoms with E-state index in [1.807, 2.05) is 24.3 Å². The first-order chi connectivity index (χ1) is 13.4. The maximum Gasteiger partial charge on any atom is 0.348 e. The summed E-state index contributed by atoms with van der Waals surface area (Å²) in [6.45, 7) is 0.248. The van der Waals surface area contributed by atoms with Crippen molar-refractivity contribution in [1.82, 2.24) is 4.31 Å². The molecular formula is C19H17NO6S2. The second-order valence-corrected chi connectivity index (χ2v) is 9.47. The normalized spacial score (nSPS) is 13.0. The zero-order valence-corrected chi connectivity index (χ0v) is 16.8. The van der Waals surface area contributed by atoms with Crippen LogP contribution in [0.25, 0.3) is 10.4 Å². The lowest BCUT2D eigenvalue weighted by atomic mass is 10.1. The number of furan rings is 1. The van der Waals surface area contributed by atoms with Crippen LogP contribution in [0.4, 0.5) is 0 Å². The number of hydrogen-bond donors (Lipinski definition) is 0. The first-order valence-corrected chi connectivity index (χ1v) is 10.6. The van der Waals surface area contributed by atoms with E-state index in [2.05, 4.69) is 0 Å². The van der Waals surface area contributed by atoms with Crippen molar-refractivity contribution in [2.24, 2.45) is 0 Å². The molecule has 3 heterocycles. The molecule has 1 aliphatic heterocycles. The Morgan fingerprint density at radius 3 is 2.79 bits per heavy atom. The van der Waals surface area contributed by atoms with Crippen molar-refractivity contribution in [3.8, 4) is 16.2 Å². The highest BCUT2D eigenvalue weighted by Crippen LogP contribution is 2.42. The summed E-state index contributed by atoms with van der Waals surface area (Å²) in [7, 11) is -0.834. The van der Waals surface area contributed by atoms with Gasteiger partial charge in [0.1, 0.15) is 29.6 Å². The van der Waals surface area contributed by atoms with Crippen LogP contribution in [-0.4, -0.2) is 32.8 Å². The third kappa shape index (κ3) is 3.32. The molecule has 0 atom stereocenters. The number of esters is 1. The molecule has 0 amide bonds. The Hall–Kier alpha value is -2.62. The third-order valence-electron chi connectivity index (χ3n) is 4.24. The molecule has 0 fully saturated rings. The molecule has 0 saturated heterocycles. The molecule has 4 rings (SSSR count). The Morgan fingerprint density at radius 2 is 2.00 bits per heavy atom. The van der Waals surface area contributed by atoms with Gasteiger partial charge in [0.15, 0.2) is 0 Å². The van der Waals surface area contributed by atoms with E-state index in [4.69, 9.17) is 13.9 Å². The van der Waals surface area contributed by atoms with E-state index in [0.29, 0.717) is 11.5 Å². The molecule has 3 aromatic rings. The summed E-state index contributed by atoms with van der Waals surface area (Å²) in [5, 5.41) is -0.191. The molecule has 2 aromatic heterocycles. The van der Waals surface area contributed by atoms with Gasteiger partial charge in [0, 0.05) is 30.1 Å². The van der Waals surface area contributed by atoms with Crippen LogP contribution in [0.1, 0.15) is 21.0 Å². The monoisotopic (exact) mass is 419 g/mol. The minimum Gasteiger partial charge on any atom is -0.488 e. The summed E-state index contributed by atoms with van der Waals surface area (Å²) < 4.78 is 41.4. The smallest absolute Gasteiger partial charge is 0.348 e. The first kappa shape index (κ1) is 18.7. The summed E-state index contributed by atoms with van der Waals surface area (Å²) in [6, 6.07) is 12.3. The average Bonchev–Trinajstić information content (AvgIpc) is 3.33. The Labute approximate surface area is 166 Å². The maximum atomic E-state index is 12.4. The fraction of sp³-hybridized carbons (Fsp3) is 0.211. The predicted octanol–water partition coefficient (Wildman–Crippen LogP) is 3.51. The van der Waals surface area contributed by atoms with E-state index < -0.39 is 16.0 Å². The summed E-state index contributed by atoms with van der Waals surface area (Å²) in [5.74, 6) is 0.552. The number of sulfonamides is 1. The first-order valence-electron chi connectivity index (χ1n) is 8.39. The number of thiophene rings is 1. The van der Waals surface area contributed by atoms with Crippen LogP contribution in [0.2, 0.25) is 0 Å². The zero-order chi connectivity index (χ0) is 19.9. The van der Waals surface area contributed by atoms with Gasteiger partial charge in [0.05, 0.1) is 0 Å². The molecule has 1 aromatic carbocycles. The molecule has 9 heteroatoms. The van der Waals surface area contributed by atoms with Crippen molar-refractivity contribution in [1.29, 1.82) is 0 Å². The van der Waals surface area contributed by atoms with Crippen molar-refractivity contribution < 1.29 is 27.1 Å². The minimum absolute atomic E-state index is 0.155. The molecule has 1 aliphatic rings. The van der Waals surface area contributed by atoms with Gasteiger partial charge in [0.2, 0.25) is 5.09 Å². The quantitative estimate of drug-likeness (QED) is 0.589. The standard InChI is InChI=1S/C19H17NO6S2/c1-20(2)28(22,23)17-8-7-13(26-17)11-25-19(21)16-9-12-10-24-15-6-4-3-5-14(15)18(12)27-16/h3-9H,10-11H2,1-2H3. The van der Waals surface area contributed by atoms with Crippen molar-refractivity contribution in [3.63, 3.8) is 0 Å². The van der Waals surface area contributed by atoms with Crippen LogP contribution in [0.15, 0.2) is 52.0 Å². The Bertz CT molecular complexity index is 1140. The van der Waals surface area contributed by atoms with Crippen LogP contribution in [0.3, 0.4) is 0 Å². The van der Waals surface area contributed by atoms with E-state index in [1.165, 1.54) is 37.6 Å². The van der Waals surface area contributed by atoms with E-state index in [-0.39, 0.29) is 17.5 Å². The summed E-state index contributed by atoms with van der Waals surface area (Å²) in [4.78, 5) is 13.9. The zero-order valence-electron chi connectivity index (χ0n) is 15.2. The summed E-state index contributed by atoms with van der Waals surface area (Å²) in [5.41, 5.74) is 1.89. The van der Waals surface area contributed by atoms with Crippen LogP contribution in [-0.2, 0) is 28.0 Å². The van der Waals surface area contributed by atoms with E-state index in [0.717, 1.165) is 26.1 Å². The SMILES string of the molecule is CN(C)S(=O)(=O)c1ccc(COC(=O)c2cc3c(s2)-c2ccccc2OC3)o1. The number of ether oxygens (including phenoxy) is 2. The van der Waals surface area contributed by atoms with Crippen LogP contribution < -0.4 is 4.74 Å². The van der Waals surface area contributed by atoms with Gasteiger partial charge in [-0.25, -0.2) is 17.5 Å². The van der Waals surface area contributed by atoms with Crippen molar-refractivity contribution in [2.45, 2.75) is 18.3 Å². The Morgan fingerprint density at radius 1 is 1.21 bits per heavy atom. The second-order valence-electron chi connectivity index (χ2n) is 6.33. The largest absolute Gasteiger partial charge is 0.488 e. The van der Waals surface area contributed by atoms with Crippen molar-refractivity contribution in [3.05, 3.63) is 58.7 Å². The number of fused-ring (bicyclic) bond motifs is 3. The topological polar surface area (TPSA) is 86.0 Å². The number of para-hydroxylation sites is 1. The van der Waals surface area contributed by atoms with Gasteiger partial charge < -0.3 is 13.9 Å². The molecule has 0 unspecified atom stereocenters. The van der Waals surface area contributed by atoms with Gasteiger partial charge in [-0.1, -0.05) is 12.1 Å². The molecule has 0 aliphatic carbocycles. The Kier molecular flexibility index (Phi) is 4.74. The molecule has 28 heavy (non-hydrogen) atoms. The van der Waals surface area contributed by atoms with Gasteiger partial charge in [-0.2, -0.15) is 0 Å². The fourth-order valence-corrected chi connectivity index (χ4v) is 4.67. The van der Waals surface area contributed by atoms with Crippen LogP contribution >= 0.6 is 11.3 Å². The number of nitrogens with zero attached hydrogens (tertiary/aromatic N) is 1. The lowest BCUT2D eigenvalue weighted by Crippen LogP contribution is -2.21. The Balaban J connectivity index is 1.48. The van der Waals surface area contributed by atoms with Crippen molar-refractivity contribution >= 4 is 27.3 Å². The molecule has 0 radical (unpaired) electrons. The second kappa shape index (κ2) is 7.08. The van der Waals surface area contributed by atoms with Gasteiger partial charge in [-0.3, -0.25) is 0 Å².